The number of fused-ring (bicyclic) bond motifs is 7. The largest absolute Gasteiger partial charge is 0.481 e. The molecule has 4 fully saturated rings. The van der Waals surface area contributed by atoms with Gasteiger partial charge in [0.1, 0.15) is 11.5 Å². The number of oxime groups is 1. The van der Waals surface area contributed by atoms with Gasteiger partial charge >= 0.3 is 11.9 Å². The molecule has 0 aliphatic heterocycles. The van der Waals surface area contributed by atoms with Crippen molar-refractivity contribution in [2.75, 3.05) is 0 Å². The molecule has 0 radical (unpaired) electrons. The molecule has 0 heterocycles. The zero-order valence-corrected chi connectivity index (χ0v) is 26.9. The molecule has 0 saturated heterocycles. The summed E-state index contributed by atoms with van der Waals surface area (Å²) in [6, 6.07) is 0. The van der Waals surface area contributed by atoms with Crippen molar-refractivity contribution in [2.24, 2.45) is 55.4 Å². The Hall–Kier alpha value is -2.11. The van der Waals surface area contributed by atoms with Crippen LogP contribution in [0.3, 0.4) is 0 Å². The number of rotatable bonds is 3. The van der Waals surface area contributed by atoms with Crippen LogP contribution in [0.1, 0.15) is 120 Å². The minimum absolute atomic E-state index is 0.0340. The van der Waals surface area contributed by atoms with Crippen molar-refractivity contribution in [2.45, 2.75) is 126 Å². The molecule has 2 N–H and O–H groups in total. The Balaban J connectivity index is 1.60. The number of allylic oxidation sites excluding steroid dienone is 3. The third kappa shape index (κ3) is 3.97. The first kappa shape index (κ1) is 30.4. The predicted octanol–water partition coefficient (Wildman–Crippen LogP) is 8.19. The SMILES string of the molecule is C/C=C(\C)C(=O)O[C@@H]1CC(C)(C)C[C@H]2C3=CC[C@@H]4[C@@]5(C)CC/C(=N\O)C(C)(C)[C@@H]5CC[C@@]4(C)[C@]3(C)CC[C@@]12C(=O)O. The Kier molecular flexibility index (Phi) is 6.99. The standard InChI is InChI=1S/C35H53NO5/c1-10-21(2)28(37)41-27-20-30(3,4)19-23-22-11-12-25-32(7)15-14-26(36-40)31(5,6)24(32)13-16-34(25,9)33(22,8)17-18-35(23,27)29(38)39/h10-11,23-25,27,40H,12-20H2,1-9H3,(H,38,39)/b21-10+,36-26+/t23-,24-,25+,27+,32-,33+,34+,35-/m0/s1. The first-order valence-corrected chi connectivity index (χ1v) is 15.9. The number of ether oxygens (including phenoxy) is 1. The quantitative estimate of drug-likeness (QED) is 0.118. The second kappa shape index (κ2) is 9.44. The van der Waals surface area contributed by atoms with Gasteiger partial charge in [0.2, 0.25) is 0 Å². The number of carboxylic acid groups (broad SMARTS) is 1. The lowest BCUT2D eigenvalue weighted by molar-refractivity contribution is -0.203. The average Bonchev–Trinajstić information content (AvgIpc) is 2.87. The summed E-state index contributed by atoms with van der Waals surface area (Å²) in [6.07, 6.45) is 11.2. The van der Waals surface area contributed by atoms with Crippen molar-refractivity contribution in [3.63, 3.8) is 0 Å². The summed E-state index contributed by atoms with van der Waals surface area (Å²) in [4.78, 5) is 26.4. The third-order valence-corrected chi connectivity index (χ3v) is 13.9. The summed E-state index contributed by atoms with van der Waals surface area (Å²) in [6.45, 7) is 19.9. The molecular formula is C35H53NO5. The van der Waals surface area contributed by atoms with E-state index < -0.39 is 23.5 Å². The maximum Gasteiger partial charge on any atom is 0.333 e. The van der Waals surface area contributed by atoms with Crippen molar-refractivity contribution in [1.29, 1.82) is 0 Å². The summed E-state index contributed by atoms with van der Waals surface area (Å²) < 4.78 is 6.14. The van der Waals surface area contributed by atoms with Crippen LogP contribution in [0.2, 0.25) is 0 Å². The Morgan fingerprint density at radius 3 is 2.29 bits per heavy atom. The van der Waals surface area contributed by atoms with Crippen LogP contribution in [0.15, 0.2) is 28.5 Å². The van der Waals surface area contributed by atoms with Crippen LogP contribution in [0.25, 0.3) is 0 Å². The molecule has 5 aliphatic rings. The molecule has 4 saturated carbocycles. The molecule has 0 bridgehead atoms. The molecule has 6 heteroatoms. The van der Waals surface area contributed by atoms with Gasteiger partial charge in [0.05, 0.1) is 5.71 Å². The summed E-state index contributed by atoms with van der Waals surface area (Å²) in [5.74, 6) is -0.457. The number of esters is 1. The van der Waals surface area contributed by atoms with Gasteiger partial charge in [-0.2, -0.15) is 0 Å². The van der Waals surface area contributed by atoms with E-state index in [0.29, 0.717) is 30.3 Å². The van der Waals surface area contributed by atoms with E-state index in [1.165, 1.54) is 5.57 Å². The van der Waals surface area contributed by atoms with Gasteiger partial charge in [0.15, 0.2) is 0 Å². The van der Waals surface area contributed by atoms with E-state index in [1.54, 1.807) is 13.0 Å². The van der Waals surface area contributed by atoms with Crippen LogP contribution in [0, 0.1) is 50.2 Å². The molecule has 0 aromatic rings. The van der Waals surface area contributed by atoms with Gasteiger partial charge in [-0.1, -0.05) is 71.3 Å². The number of nitrogens with zero attached hydrogens (tertiary/aromatic N) is 1. The second-order valence-electron chi connectivity index (χ2n) is 16.4. The molecule has 0 spiro atoms. The van der Waals surface area contributed by atoms with Gasteiger partial charge in [-0.15, -0.1) is 0 Å². The average molecular weight is 568 g/mol. The summed E-state index contributed by atoms with van der Waals surface area (Å²) in [7, 11) is 0. The van der Waals surface area contributed by atoms with E-state index in [1.807, 2.05) is 6.92 Å². The first-order chi connectivity index (χ1) is 18.9. The van der Waals surface area contributed by atoms with E-state index in [9.17, 15) is 19.9 Å². The maximum atomic E-state index is 13.4. The smallest absolute Gasteiger partial charge is 0.333 e. The van der Waals surface area contributed by atoms with Crippen LogP contribution < -0.4 is 0 Å². The predicted molar refractivity (Wildman–Crippen MR) is 161 cm³/mol. The summed E-state index contributed by atoms with van der Waals surface area (Å²) in [5.41, 5.74) is 1.41. The minimum Gasteiger partial charge on any atom is -0.481 e. The van der Waals surface area contributed by atoms with Gasteiger partial charge in [0.25, 0.3) is 0 Å². The fourth-order valence-corrected chi connectivity index (χ4v) is 11.3. The van der Waals surface area contributed by atoms with Crippen molar-refractivity contribution < 1.29 is 24.6 Å². The highest BCUT2D eigenvalue weighted by Gasteiger charge is 2.71. The summed E-state index contributed by atoms with van der Waals surface area (Å²) >= 11 is 0. The monoisotopic (exact) mass is 567 g/mol. The Bertz CT molecular complexity index is 1230. The number of aliphatic carboxylic acids is 1. The zero-order valence-electron chi connectivity index (χ0n) is 26.9. The van der Waals surface area contributed by atoms with E-state index in [0.717, 1.165) is 50.7 Å². The van der Waals surface area contributed by atoms with E-state index in [-0.39, 0.29) is 33.0 Å². The molecule has 0 amide bonds. The van der Waals surface area contributed by atoms with Gasteiger partial charge in [-0.05, 0) is 105 Å². The van der Waals surface area contributed by atoms with Gasteiger partial charge in [0, 0.05) is 16.9 Å². The molecule has 0 unspecified atom stereocenters. The molecule has 5 rings (SSSR count). The Morgan fingerprint density at radius 1 is 1.00 bits per heavy atom. The van der Waals surface area contributed by atoms with E-state index in [4.69, 9.17) is 4.74 Å². The highest BCUT2D eigenvalue weighted by molar-refractivity contribution is 5.90. The number of hydrogen-bond acceptors (Lipinski definition) is 5. The molecule has 5 aliphatic carbocycles. The normalized spacial score (nSPS) is 45.8. The van der Waals surface area contributed by atoms with E-state index in [2.05, 4.69) is 59.7 Å². The maximum absolute atomic E-state index is 13.4. The molecule has 0 aromatic heterocycles. The molecule has 228 valence electrons. The highest BCUT2D eigenvalue weighted by Crippen LogP contribution is 2.75. The molecule has 8 atom stereocenters. The Morgan fingerprint density at radius 2 is 1.68 bits per heavy atom. The molecule has 41 heavy (non-hydrogen) atoms. The Labute approximate surface area is 247 Å². The molecule has 0 aromatic carbocycles. The van der Waals surface area contributed by atoms with Crippen molar-refractivity contribution in [1.82, 2.24) is 0 Å². The van der Waals surface area contributed by atoms with Crippen LogP contribution in [-0.4, -0.2) is 34.1 Å². The van der Waals surface area contributed by atoms with Crippen LogP contribution >= 0.6 is 0 Å². The second-order valence-corrected chi connectivity index (χ2v) is 16.4. The number of carbonyl (C=O) groups excluding carboxylic acids is 1. The molecular weight excluding hydrogens is 514 g/mol. The fourth-order valence-electron chi connectivity index (χ4n) is 11.3. The lowest BCUT2D eigenvalue weighted by Gasteiger charge is -2.71. The fraction of sp³-hybridized carbons (Fsp3) is 0.800. The molecule has 6 nitrogen and oxygen atoms in total. The lowest BCUT2D eigenvalue weighted by Crippen LogP contribution is -2.66. The van der Waals surface area contributed by atoms with Crippen molar-refractivity contribution >= 4 is 17.7 Å². The number of carbonyl (C=O) groups is 2. The van der Waals surface area contributed by atoms with Crippen LogP contribution in [0.4, 0.5) is 0 Å². The van der Waals surface area contributed by atoms with E-state index >= 15 is 0 Å². The van der Waals surface area contributed by atoms with Crippen molar-refractivity contribution in [3.8, 4) is 0 Å². The number of hydrogen-bond donors (Lipinski definition) is 2. The van der Waals surface area contributed by atoms with Crippen LogP contribution in [0.5, 0.6) is 0 Å². The lowest BCUT2D eigenvalue weighted by atomic mass is 9.33. The van der Waals surface area contributed by atoms with Gasteiger partial charge in [-0.25, -0.2) is 4.79 Å². The number of carboxylic acids is 1. The van der Waals surface area contributed by atoms with Gasteiger partial charge < -0.3 is 15.1 Å². The van der Waals surface area contributed by atoms with Crippen LogP contribution in [-0.2, 0) is 14.3 Å². The summed E-state index contributed by atoms with van der Waals surface area (Å²) in [5, 5.41) is 24.6. The van der Waals surface area contributed by atoms with Crippen molar-refractivity contribution in [3.05, 3.63) is 23.3 Å². The third-order valence-electron chi connectivity index (χ3n) is 13.9. The van der Waals surface area contributed by atoms with Gasteiger partial charge in [-0.3, -0.25) is 4.79 Å². The highest BCUT2D eigenvalue weighted by atomic mass is 16.5. The first-order valence-electron chi connectivity index (χ1n) is 15.9. The zero-order chi connectivity index (χ0) is 30.4. The topological polar surface area (TPSA) is 96.2 Å². The minimum atomic E-state index is -1.10.